The molecule has 1 aromatic heterocycles. The molecule has 1 N–H and O–H groups in total. The molecular formula is C20H27N5O4. The maximum Gasteiger partial charge on any atom is 0.261 e. The van der Waals surface area contributed by atoms with Crippen molar-refractivity contribution in [1.82, 2.24) is 24.9 Å². The van der Waals surface area contributed by atoms with Crippen LogP contribution in [0.4, 0.5) is 0 Å². The van der Waals surface area contributed by atoms with Crippen molar-refractivity contribution in [3.8, 4) is 11.6 Å². The number of aromatic nitrogens is 2. The van der Waals surface area contributed by atoms with Crippen molar-refractivity contribution in [1.29, 1.82) is 0 Å². The average Bonchev–Trinajstić information content (AvgIpc) is 3.14. The molecule has 2 aromatic rings. The quantitative estimate of drug-likeness (QED) is 0.732. The monoisotopic (exact) mass is 401 g/mol. The summed E-state index contributed by atoms with van der Waals surface area (Å²) in [6.45, 7) is 3.99. The third-order valence-corrected chi connectivity index (χ3v) is 4.94. The van der Waals surface area contributed by atoms with Gasteiger partial charge in [0.25, 0.3) is 11.8 Å². The van der Waals surface area contributed by atoms with Gasteiger partial charge in [0.1, 0.15) is 11.3 Å². The van der Waals surface area contributed by atoms with Crippen LogP contribution < -0.4 is 14.8 Å². The average molecular weight is 401 g/mol. The van der Waals surface area contributed by atoms with Crippen molar-refractivity contribution in [3.63, 3.8) is 0 Å². The minimum atomic E-state index is -0.153. The van der Waals surface area contributed by atoms with E-state index in [1.807, 2.05) is 17.0 Å². The van der Waals surface area contributed by atoms with E-state index in [0.717, 1.165) is 19.6 Å². The highest BCUT2D eigenvalue weighted by molar-refractivity contribution is 5.97. The van der Waals surface area contributed by atoms with Crippen molar-refractivity contribution in [2.45, 2.75) is 0 Å². The van der Waals surface area contributed by atoms with Crippen molar-refractivity contribution in [2.75, 3.05) is 53.5 Å². The van der Waals surface area contributed by atoms with Gasteiger partial charge in [-0.25, -0.2) is 0 Å². The molecule has 2 amide bonds. The van der Waals surface area contributed by atoms with Crippen LogP contribution in [0.3, 0.4) is 0 Å². The molecule has 29 heavy (non-hydrogen) atoms. The second-order valence-electron chi connectivity index (χ2n) is 6.82. The van der Waals surface area contributed by atoms with E-state index in [-0.39, 0.29) is 11.8 Å². The first kappa shape index (κ1) is 20.7. The Morgan fingerprint density at radius 2 is 1.79 bits per heavy atom. The lowest BCUT2D eigenvalue weighted by Gasteiger charge is -2.34. The van der Waals surface area contributed by atoms with Crippen LogP contribution in [-0.2, 0) is 7.05 Å². The minimum Gasteiger partial charge on any atom is -0.496 e. The van der Waals surface area contributed by atoms with Gasteiger partial charge >= 0.3 is 0 Å². The largest absolute Gasteiger partial charge is 0.496 e. The van der Waals surface area contributed by atoms with Crippen molar-refractivity contribution < 1.29 is 19.1 Å². The standard InChI is InChI=1S/C20H27N5O4/c1-23-14-16(19(22-23)29-3)20(27)25-12-10-24(11-13-25)9-8-21-18(26)15-6-4-5-7-17(15)28-2/h4-7,14H,8-13H2,1-3H3,(H,21,26). The number of amides is 2. The Morgan fingerprint density at radius 1 is 1.07 bits per heavy atom. The number of hydrogen-bond donors (Lipinski definition) is 1. The minimum absolute atomic E-state index is 0.0703. The molecule has 1 aromatic carbocycles. The zero-order chi connectivity index (χ0) is 20.8. The summed E-state index contributed by atoms with van der Waals surface area (Å²) >= 11 is 0. The third-order valence-electron chi connectivity index (χ3n) is 4.94. The summed E-state index contributed by atoms with van der Waals surface area (Å²) in [4.78, 5) is 29.1. The summed E-state index contributed by atoms with van der Waals surface area (Å²) in [6, 6.07) is 7.15. The Morgan fingerprint density at radius 3 is 2.48 bits per heavy atom. The van der Waals surface area contributed by atoms with Gasteiger partial charge in [-0.15, -0.1) is 5.10 Å². The van der Waals surface area contributed by atoms with E-state index in [1.54, 1.807) is 37.2 Å². The molecule has 3 rings (SSSR count). The molecule has 0 saturated carbocycles. The highest BCUT2D eigenvalue weighted by Crippen LogP contribution is 2.18. The van der Waals surface area contributed by atoms with Crippen LogP contribution >= 0.6 is 0 Å². The molecule has 0 unspecified atom stereocenters. The van der Waals surface area contributed by atoms with E-state index in [9.17, 15) is 9.59 Å². The first-order valence-corrected chi connectivity index (χ1v) is 9.54. The SMILES string of the molecule is COc1ccccc1C(=O)NCCN1CCN(C(=O)c2cn(C)nc2OC)CC1. The summed E-state index contributed by atoms with van der Waals surface area (Å²) in [6.07, 6.45) is 1.68. The number of benzene rings is 1. The zero-order valence-corrected chi connectivity index (χ0v) is 17.1. The second kappa shape index (κ2) is 9.42. The van der Waals surface area contributed by atoms with Gasteiger partial charge in [0.05, 0.1) is 19.8 Å². The summed E-state index contributed by atoms with van der Waals surface area (Å²) in [7, 11) is 4.82. The van der Waals surface area contributed by atoms with Crippen LogP contribution in [0.25, 0.3) is 0 Å². The van der Waals surface area contributed by atoms with Crippen molar-refractivity contribution in [3.05, 3.63) is 41.6 Å². The lowest BCUT2D eigenvalue weighted by atomic mass is 10.2. The number of methoxy groups -OCH3 is 2. The van der Waals surface area contributed by atoms with E-state index in [1.165, 1.54) is 7.11 Å². The number of nitrogens with zero attached hydrogens (tertiary/aromatic N) is 4. The van der Waals surface area contributed by atoms with Crippen LogP contribution in [0.15, 0.2) is 30.5 Å². The molecule has 0 aliphatic carbocycles. The molecular weight excluding hydrogens is 374 g/mol. The molecule has 0 bridgehead atoms. The van der Waals surface area contributed by atoms with Gasteiger partial charge < -0.3 is 19.7 Å². The van der Waals surface area contributed by atoms with Crippen LogP contribution in [-0.4, -0.2) is 84.9 Å². The Hall–Kier alpha value is -3.07. The number of rotatable bonds is 7. The Balaban J connectivity index is 1.45. The first-order chi connectivity index (χ1) is 14.0. The lowest BCUT2D eigenvalue weighted by molar-refractivity contribution is 0.0634. The molecule has 0 spiro atoms. The molecule has 1 saturated heterocycles. The molecule has 0 atom stereocenters. The fourth-order valence-electron chi connectivity index (χ4n) is 3.37. The Kier molecular flexibility index (Phi) is 6.71. The lowest BCUT2D eigenvalue weighted by Crippen LogP contribution is -2.50. The van der Waals surface area contributed by atoms with Gasteiger partial charge in [-0.3, -0.25) is 19.2 Å². The number of carbonyl (C=O) groups excluding carboxylic acids is 2. The maximum absolute atomic E-state index is 12.7. The van der Waals surface area contributed by atoms with Crippen molar-refractivity contribution in [2.24, 2.45) is 7.05 Å². The van der Waals surface area contributed by atoms with Gasteiger partial charge in [-0.1, -0.05) is 12.1 Å². The number of carbonyl (C=O) groups is 2. The van der Waals surface area contributed by atoms with Crippen LogP contribution in [0, 0.1) is 0 Å². The molecule has 1 fully saturated rings. The highest BCUT2D eigenvalue weighted by Gasteiger charge is 2.26. The third kappa shape index (κ3) is 4.86. The zero-order valence-electron chi connectivity index (χ0n) is 17.1. The molecule has 9 heteroatoms. The predicted octanol–water partition coefficient (Wildman–Crippen LogP) is 0.625. The topological polar surface area (TPSA) is 88.9 Å². The van der Waals surface area contributed by atoms with Crippen LogP contribution in [0.2, 0.25) is 0 Å². The van der Waals surface area contributed by atoms with Crippen LogP contribution in [0.1, 0.15) is 20.7 Å². The number of aryl methyl sites for hydroxylation is 1. The molecule has 2 heterocycles. The summed E-state index contributed by atoms with van der Waals surface area (Å²) in [5.74, 6) is 0.681. The number of para-hydroxylation sites is 1. The fraction of sp³-hybridized carbons (Fsp3) is 0.450. The Bertz CT molecular complexity index is 858. The molecule has 156 valence electrons. The van der Waals surface area contributed by atoms with Gasteiger partial charge in [0, 0.05) is 52.5 Å². The van der Waals surface area contributed by atoms with E-state index in [2.05, 4.69) is 15.3 Å². The number of nitrogens with one attached hydrogen (secondary N) is 1. The van der Waals surface area contributed by atoms with Gasteiger partial charge in [-0.05, 0) is 12.1 Å². The van der Waals surface area contributed by atoms with E-state index < -0.39 is 0 Å². The molecule has 0 radical (unpaired) electrons. The maximum atomic E-state index is 12.7. The van der Waals surface area contributed by atoms with Crippen molar-refractivity contribution >= 4 is 11.8 Å². The van der Waals surface area contributed by atoms with Crippen LogP contribution in [0.5, 0.6) is 11.6 Å². The van der Waals surface area contributed by atoms with E-state index in [0.29, 0.717) is 42.4 Å². The molecule has 1 aliphatic heterocycles. The number of piperazine rings is 1. The summed E-state index contributed by atoms with van der Waals surface area (Å²) < 4.78 is 12.0. The fourth-order valence-corrected chi connectivity index (χ4v) is 3.37. The first-order valence-electron chi connectivity index (χ1n) is 9.54. The van der Waals surface area contributed by atoms with Gasteiger partial charge in [0.15, 0.2) is 0 Å². The normalized spacial score (nSPS) is 14.5. The number of hydrogen-bond acceptors (Lipinski definition) is 6. The summed E-state index contributed by atoms with van der Waals surface area (Å²) in [5.41, 5.74) is 1.00. The molecule has 1 aliphatic rings. The van der Waals surface area contributed by atoms with Gasteiger partial charge in [-0.2, -0.15) is 0 Å². The smallest absolute Gasteiger partial charge is 0.261 e. The number of ether oxygens (including phenoxy) is 2. The predicted molar refractivity (Wildman–Crippen MR) is 107 cm³/mol. The second-order valence-corrected chi connectivity index (χ2v) is 6.82. The summed E-state index contributed by atoms with van der Waals surface area (Å²) in [5, 5.41) is 7.07. The Labute approximate surface area is 170 Å². The highest BCUT2D eigenvalue weighted by atomic mass is 16.5. The molecule has 9 nitrogen and oxygen atoms in total. The van der Waals surface area contributed by atoms with E-state index >= 15 is 0 Å². The van der Waals surface area contributed by atoms with E-state index in [4.69, 9.17) is 9.47 Å². The van der Waals surface area contributed by atoms with Gasteiger partial charge in [0.2, 0.25) is 5.88 Å².